The summed E-state index contributed by atoms with van der Waals surface area (Å²) >= 11 is 0. The molecule has 4 aromatic rings. The highest BCUT2D eigenvalue weighted by molar-refractivity contribution is 6.00. The average molecular weight is 486 g/mol. The van der Waals surface area contributed by atoms with Gasteiger partial charge in [0, 0.05) is 42.5 Å². The van der Waals surface area contributed by atoms with Crippen LogP contribution in [0.5, 0.6) is 11.5 Å². The van der Waals surface area contributed by atoms with E-state index in [1.165, 1.54) is 18.5 Å². The number of nitrogens with two attached hydrogens (primary N) is 1. The van der Waals surface area contributed by atoms with Crippen molar-refractivity contribution in [3.8, 4) is 28.8 Å². The molecular weight excluding hydrogens is 471 g/mol. The molecule has 0 spiro atoms. The van der Waals surface area contributed by atoms with Crippen LogP contribution in [0.4, 0.5) is 27.8 Å². The summed E-state index contributed by atoms with van der Waals surface area (Å²) in [5, 5.41) is 9.56. The molecule has 0 bridgehead atoms. The Morgan fingerprint density at radius 2 is 1.74 bits per heavy atom. The highest BCUT2D eigenvalue weighted by Crippen LogP contribution is 2.39. The topological polar surface area (TPSA) is 93.0 Å². The lowest BCUT2D eigenvalue weighted by molar-refractivity contribution is 0.365. The Morgan fingerprint density at radius 3 is 2.40 bits per heavy atom. The predicted octanol–water partition coefficient (Wildman–Crippen LogP) is 4.90. The first kappa shape index (κ1) is 22.4. The summed E-state index contributed by atoms with van der Waals surface area (Å²) in [5.41, 5.74) is 6.94. The highest BCUT2D eigenvalue weighted by Gasteiger charge is 2.28. The summed E-state index contributed by atoms with van der Waals surface area (Å²) in [6.45, 7) is 1.01. The maximum absolute atomic E-state index is 15.2. The lowest BCUT2D eigenvalue weighted by Gasteiger charge is -2.12. The van der Waals surface area contributed by atoms with E-state index in [0.29, 0.717) is 36.1 Å². The van der Waals surface area contributed by atoms with Gasteiger partial charge in [0.15, 0.2) is 17.8 Å². The van der Waals surface area contributed by atoms with Gasteiger partial charge in [-0.15, -0.1) is 0 Å². The monoisotopic (exact) mass is 486 g/mol. The van der Waals surface area contributed by atoms with Gasteiger partial charge in [0.1, 0.15) is 29.4 Å². The molecule has 1 aliphatic heterocycles. The fourth-order valence-electron chi connectivity index (χ4n) is 4.19. The second-order valence-electron chi connectivity index (χ2n) is 7.94. The number of nitriles is 1. The molecule has 0 amide bonds. The van der Waals surface area contributed by atoms with E-state index in [1.807, 2.05) is 4.57 Å². The van der Waals surface area contributed by atoms with E-state index in [9.17, 15) is 22.8 Å². The number of anilines is 1. The molecule has 178 valence electrons. The van der Waals surface area contributed by atoms with E-state index in [4.69, 9.17) is 10.5 Å². The molecule has 1 aliphatic rings. The molecule has 0 saturated carbocycles. The van der Waals surface area contributed by atoms with Crippen molar-refractivity contribution < 1.29 is 26.7 Å². The van der Waals surface area contributed by atoms with E-state index >= 15 is 4.39 Å². The SMILES string of the molecule is N#CN1CCC(n2cc(-c3ccc(Oc4c(F)c(F)cc(F)c4F)cc3F)c3c(N)ncnc32)C1. The van der Waals surface area contributed by atoms with Crippen molar-refractivity contribution in [3.63, 3.8) is 0 Å². The van der Waals surface area contributed by atoms with E-state index in [-0.39, 0.29) is 29.2 Å². The molecule has 7 nitrogen and oxygen atoms in total. The molecule has 2 aromatic carbocycles. The zero-order valence-electron chi connectivity index (χ0n) is 17.8. The molecule has 1 saturated heterocycles. The number of nitrogens with zero attached hydrogens (tertiary/aromatic N) is 5. The van der Waals surface area contributed by atoms with Crippen LogP contribution < -0.4 is 10.5 Å². The minimum atomic E-state index is -1.75. The van der Waals surface area contributed by atoms with Gasteiger partial charge < -0.3 is 19.9 Å². The Morgan fingerprint density at radius 1 is 1.00 bits per heavy atom. The van der Waals surface area contributed by atoms with Crippen molar-refractivity contribution in [1.82, 2.24) is 19.4 Å². The third-order valence-corrected chi connectivity index (χ3v) is 5.86. The van der Waals surface area contributed by atoms with Crippen molar-refractivity contribution in [2.75, 3.05) is 18.8 Å². The summed E-state index contributed by atoms with van der Waals surface area (Å²) in [6.07, 6.45) is 5.70. The molecule has 5 rings (SSSR count). The minimum Gasteiger partial charge on any atom is -0.451 e. The summed E-state index contributed by atoms with van der Waals surface area (Å²) in [4.78, 5) is 9.88. The van der Waals surface area contributed by atoms with Crippen LogP contribution in [0.2, 0.25) is 0 Å². The van der Waals surface area contributed by atoms with Gasteiger partial charge in [0.2, 0.25) is 17.4 Å². The summed E-state index contributed by atoms with van der Waals surface area (Å²) in [7, 11) is 0. The van der Waals surface area contributed by atoms with Gasteiger partial charge in [-0.25, -0.2) is 23.1 Å². The smallest absolute Gasteiger partial charge is 0.204 e. The number of benzene rings is 2. The third kappa shape index (κ3) is 3.74. The number of rotatable bonds is 4. The Labute approximate surface area is 194 Å². The molecule has 2 N–H and O–H groups in total. The van der Waals surface area contributed by atoms with Crippen molar-refractivity contribution in [2.45, 2.75) is 12.5 Å². The fourth-order valence-corrected chi connectivity index (χ4v) is 4.19. The van der Waals surface area contributed by atoms with E-state index in [2.05, 4.69) is 16.2 Å². The lowest BCUT2D eigenvalue weighted by atomic mass is 10.1. The van der Waals surface area contributed by atoms with Crippen LogP contribution in [0.25, 0.3) is 22.2 Å². The number of likely N-dealkylation sites (tertiary alicyclic amines) is 1. The van der Waals surface area contributed by atoms with Gasteiger partial charge >= 0.3 is 0 Å². The van der Waals surface area contributed by atoms with Crippen LogP contribution in [0.15, 0.2) is 36.8 Å². The maximum Gasteiger partial charge on any atom is 0.204 e. The highest BCUT2D eigenvalue weighted by atomic mass is 19.2. The largest absolute Gasteiger partial charge is 0.451 e. The van der Waals surface area contributed by atoms with E-state index in [1.54, 1.807) is 11.1 Å². The maximum atomic E-state index is 15.2. The van der Waals surface area contributed by atoms with Gasteiger partial charge in [-0.1, -0.05) is 0 Å². The van der Waals surface area contributed by atoms with E-state index in [0.717, 1.165) is 6.07 Å². The van der Waals surface area contributed by atoms with Gasteiger partial charge in [-0.2, -0.15) is 14.0 Å². The first-order valence-corrected chi connectivity index (χ1v) is 10.3. The number of nitrogen functional groups attached to an aromatic ring is 1. The zero-order valence-corrected chi connectivity index (χ0v) is 17.8. The van der Waals surface area contributed by atoms with Gasteiger partial charge in [-0.3, -0.25) is 0 Å². The van der Waals surface area contributed by atoms with Crippen LogP contribution in [0.1, 0.15) is 12.5 Å². The van der Waals surface area contributed by atoms with Crippen LogP contribution in [0, 0.1) is 40.5 Å². The molecule has 35 heavy (non-hydrogen) atoms. The molecule has 2 aromatic heterocycles. The second kappa shape index (κ2) is 8.43. The Bertz CT molecular complexity index is 1490. The number of ether oxygens (including phenoxy) is 1. The van der Waals surface area contributed by atoms with Crippen LogP contribution in [-0.2, 0) is 0 Å². The first-order valence-electron chi connectivity index (χ1n) is 10.3. The van der Waals surface area contributed by atoms with Gasteiger partial charge in [-0.05, 0) is 18.6 Å². The molecular formula is C23H15F5N6O. The summed E-state index contributed by atoms with van der Waals surface area (Å²) in [6, 6.07) is 3.23. The van der Waals surface area contributed by atoms with Crippen molar-refractivity contribution in [1.29, 1.82) is 5.26 Å². The Kier molecular flexibility index (Phi) is 5.39. The number of hydrogen-bond acceptors (Lipinski definition) is 6. The molecule has 12 heteroatoms. The van der Waals surface area contributed by atoms with Crippen molar-refractivity contribution in [3.05, 3.63) is 65.9 Å². The lowest BCUT2D eigenvalue weighted by Crippen LogP contribution is -2.15. The van der Waals surface area contributed by atoms with Crippen molar-refractivity contribution in [2.24, 2.45) is 0 Å². The third-order valence-electron chi connectivity index (χ3n) is 5.86. The van der Waals surface area contributed by atoms with Crippen molar-refractivity contribution >= 4 is 16.9 Å². The molecule has 1 fully saturated rings. The molecule has 0 aliphatic carbocycles. The van der Waals surface area contributed by atoms with Crippen LogP contribution in [0.3, 0.4) is 0 Å². The minimum absolute atomic E-state index is 0.0453. The number of aromatic nitrogens is 3. The summed E-state index contributed by atoms with van der Waals surface area (Å²) < 4.78 is 76.8. The summed E-state index contributed by atoms with van der Waals surface area (Å²) in [5.74, 6) is -9.25. The number of halogens is 5. The quantitative estimate of drug-likeness (QED) is 0.251. The average Bonchev–Trinajstić information content (AvgIpc) is 3.46. The molecule has 1 unspecified atom stereocenters. The first-order chi connectivity index (χ1) is 16.8. The Balaban J connectivity index is 1.56. The van der Waals surface area contributed by atoms with Crippen LogP contribution in [-0.4, -0.2) is 32.5 Å². The predicted molar refractivity (Wildman–Crippen MR) is 115 cm³/mol. The van der Waals surface area contributed by atoms with Gasteiger partial charge in [0.05, 0.1) is 11.4 Å². The normalized spacial score (nSPS) is 15.5. The van der Waals surface area contributed by atoms with Gasteiger partial charge in [0.25, 0.3) is 0 Å². The second-order valence-corrected chi connectivity index (χ2v) is 7.94. The number of fused-ring (bicyclic) bond motifs is 1. The molecule has 1 atom stereocenters. The molecule has 0 radical (unpaired) electrons. The molecule has 3 heterocycles. The van der Waals surface area contributed by atoms with E-state index < -0.39 is 34.8 Å². The number of hydrogen-bond donors (Lipinski definition) is 1. The van der Waals surface area contributed by atoms with Crippen LogP contribution >= 0.6 is 0 Å². The standard InChI is InChI=1S/C23H15F5N6O/c24-15-5-12(35-21-19(27)16(25)6-17(26)20(21)28)1-2-13(15)14-8-34(11-3-4-33(7-11)9-29)23-18(14)22(30)31-10-32-23/h1-2,5-6,8,10-11H,3-4,7H2,(H2,30,31,32). The Hall–Kier alpha value is -4.40. The zero-order chi connectivity index (χ0) is 24.9. The fraction of sp³-hybridized carbons (Fsp3) is 0.174.